The fraction of sp³-hybridized carbons (Fsp3) is 0.364. The molecule has 0 saturated heterocycles. The first-order valence-corrected chi connectivity index (χ1v) is 6.45. The number of hydrogen-bond donors (Lipinski definition) is 0. The monoisotopic (exact) mass is 288 g/mol. The SMILES string of the molecule is COC(=O)C(Br)CSc1ccc(C)cc1. The maximum absolute atomic E-state index is 11.1. The summed E-state index contributed by atoms with van der Waals surface area (Å²) in [4.78, 5) is 12.0. The highest BCUT2D eigenvalue weighted by atomic mass is 79.9. The number of alkyl halides is 1. The minimum absolute atomic E-state index is 0.227. The second-order valence-electron chi connectivity index (χ2n) is 3.11. The third-order valence-corrected chi connectivity index (χ3v) is 4.11. The number of methoxy groups -OCH3 is 1. The van der Waals surface area contributed by atoms with Gasteiger partial charge in [0.05, 0.1) is 7.11 Å². The van der Waals surface area contributed by atoms with E-state index < -0.39 is 0 Å². The zero-order chi connectivity index (χ0) is 11.3. The Morgan fingerprint density at radius 2 is 2.07 bits per heavy atom. The normalized spacial score (nSPS) is 12.2. The second-order valence-corrected chi connectivity index (χ2v) is 5.31. The molecule has 0 fully saturated rings. The summed E-state index contributed by atoms with van der Waals surface area (Å²) in [7, 11) is 1.40. The van der Waals surface area contributed by atoms with Crippen LogP contribution in [-0.2, 0) is 9.53 Å². The van der Waals surface area contributed by atoms with Crippen LogP contribution in [0.5, 0.6) is 0 Å². The van der Waals surface area contributed by atoms with E-state index >= 15 is 0 Å². The Kier molecular flexibility index (Phi) is 5.19. The van der Waals surface area contributed by atoms with E-state index in [4.69, 9.17) is 0 Å². The van der Waals surface area contributed by atoms with E-state index in [-0.39, 0.29) is 10.8 Å². The molecule has 0 heterocycles. The maximum Gasteiger partial charge on any atom is 0.320 e. The van der Waals surface area contributed by atoms with Crippen molar-refractivity contribution >= 4 is 33.7 Å². The standard InChI is InChI=1S/C11H13BrO2S/c1-8-3-5-9(6-4-8)15-7-10(12)11(13)14-2/h3-6,10H,7H2,1-2H3. The fourth-order valence-corrected chi connectivity index (χ4v) is 2.39. The summed E-state index contributed by atoms with van der Waals surface area (Å²) in [5, 5.41) is 0. The van der Waals surface area contributed by atoms with Crippen molar-refractivity contribution in [2.24, 2.45) is 0 Å². The van der Waals surface area contributed by atoms with Gasteiger partial charge in [-0.05, 0) is 19.1 Å². The van der Waals surface area contributed by atoms with Crippen LogP contribution in [0.2, 0.25) is 0 Å². The van der Waals surface area contributed by atoms with Crippen LogP contribution >= 0.6 is 27.7 Å². The van der Waals surface area contributed by atoms with Gasteiger partial charge in [-0.3, -0.25) is 4.79 Å². The van der Waals surface area contributed by atoms with Gasteiger partial charge in [-0.15, -0.1) is 11.8 Å². The average molecular weight is 289 g/mol. The van der Waals surface area contributed by atoms with Crippen LogP contribution in [0.3, 0.4) is 0 Å². The Morgan fingerprint density at radius 3 is 2.60 bits per heavy atom. The topological polar surface area (TPSA) is 26.3 Å². The lowest BCUT2D eigenvalue weighted by molar-refractivity contribution is -0.139. The lowest BCUT2D eigenvalue weighted by Crippen LogP contribution is -2.17. The van der Waals surface area contributed by atoms with Crippen LogP contribution in [0, 0.1) is 6.92 Å². The lowest BCUT2D eigenvalue weighted by Gasteiger charge is -2.07. The Morgan fingerprint density at radius 1 is 1.47 bits per heavy atom. The molecule has 0 aliphatic heterocycles. The van der Waals surface area contributed by atoms with Crippen molar-refractivity contribution in [1.29, 1.82) is 0 Å². The molecule has 0 amide bonds. The number of thioether (sulfide) groups is 1. The van der Waals surface area contributed by atoms with Gasteiger partial charge < -0.3 is 4.74 Å². The van der Waals surface area contributed by atoms with Crippen molar-refractivity contribution in [3.63, 3.8) is 0 Å². The highest BCUT2D eigenvalue weighted by molar-refractivity contribution is 9.10. The van der Waals surface area contributed by atoms with Gasteiger partial charge in [0.15, 0.2) is 0 Å². The summed E-state index contributed by atoms with van der Waals surface area (Å²) in [5.74, 6) is 0.449. The zero-order valence-electron chi connectivity index (χ0n) is 8.70. The molecule has 0 bridgehead atoms. The van der Waals surface area contributed by atoms with E-state index in [9.17, 15) is 4.79 Å². The van der Waals surface area contributed by atoms with Gasteiger partial charge in [0.25, 0.3) is 0 Å². The molecule has 1 unspecified atom stereocenters. The first-order valence-electron chi connectivity index (χ1n) is 4.55. The third-order valence-electron chi connectivity index (χ3n) is 1.87. The van der Waals surface area contributed by atoms with E-state index in [1.807, 2.05) is 0 Å². The van der Waals surface area contributed by atoms with Gasteiger partial charge in [-0.2, -0.15) is 0 Å². The molecular weight excluding hydrogens is 276 g/mol. The van der Waals surface area contributed by atoms with E-state index in [0.29, 0.717) is 5.75 Å². The molecule has 4 heteroatoms. The smallest absolute Gasteiger partial charge is 0.320 e. The minimum atomic E-state index is -0.242. The van der Waals surface area contributed by atoms with Gasteiger partial charge in [-0.1, -0.05) is 33.6 Å². The van der Waals surface area contributed by atoms with Crippen LogP contribution in [-0.4, -0.2) is 23.7 Å². The van der Waals surface area contributed by atoms with Crippen molar-refractivity contribution in [3.05, 3.63) is 29.8 Å². The van der Waals surface area contributed by atoms with E-state index in [1.54, 1.807) is 11.8 Å². The molecule has 0 aromatic heterocycles. The summed E-state index contributed by atoms with van der Waals surface area (Å²) in [6.45, 7) is 2.05. The van der Waals surface area contributed by atoms with E-state index in [0.717, 1.165) is 4.90 Å². The summed E-state index contributed by atoms with van der Waals surface area (Å²) < 4.78 is 4.62. The largest absolute Gasteiger partial charge is 0.468 e. The molecular formula is C11H13BrO2S. The summed E-state index contributed by atoms with van der Waals surface area (Å²) in [6.07, 6.45) is 0. The highest BCUT2D eigenvalue weighted by Crippen LogP contribution is 2.21. The lowest BCUT2D eigenvalue weighted by atomic mass is 10.2. The molecule has 82 valence electrons. The number of rotatable bonds is 4. The number of halogens is 1. The second kappa shape index (κ2) is 6.18. The van der Waals surface area contributed by atoms with Crippen molar-refractivity contribution in [3.8, 4) is 0 Å². The maximum atomic E-state index is 11.1. The van der Waals surface area contributed by atoms with Crippen LogP contribution in [0.15, 0.2) is 29.2 Å². The number of hydrogen-bond acceptors (Lipinski definition) is 3. The predicted molar refractivity (Wildman–Crippen MR) is 66.6 cm³/mol. The molecule has 2 nitrogen and oxygen atoms in total. The quantitative estimate of drug-likeness (QED) is 0.484. The summed E-state index contributed by atoms with van der Waals surface area (Å²) in [5.41, 5.74) is 1.24. The van der Waals surface area contributed by atoms with E-state index in [2.05, 4.69) is 51.9 Å². The predicted octanol–water partition coefficient (Wildman–Crippen LogP) is 3.02. The first-order chi connectivity index (χ1) is 7.13. The summed E-state index contributed by atoms with van der Waals surface area (Å²) >= 11 is 4.91. The van der Waals surface area contributed by atoms with Crippen LogP contribution in [0.4, 0.5) is 0 Å². The first kappa shape index (κ1) is 12.6. The number of esters is 1. The Labute approximate surface area is 103 Å². The molecule has 1 rings (SSSR count). The number of carbonyl (C=O) groups excluding carboxylic acids is 1. The molecule has 1 aromatic carbocycles. The molecule has 0 saturated carbocycles. The van der Waals surface area contributed by atoms with Crippen molar-refractivity contribution < 1.29 is 9.53 Å². The Hall–Kier alpha value is -0.480. The number of ether oxygens (including phenoxy) is 1. The van der Waals surface area contributed by atoms with Crippen molar-refractivity contribution in [2.75, 3.05) is 12.9 Å². The average Bonchev–Trinajstić information content (AvgIpc) is 2.26. The number of carbonyl (C=O) groups is 1. The van der Waals surface area contributed by atoms with Crippen LogP contribution in [0.25, 0.3) is 0 Å². The Bertz CT molecular complexity index is 324. The van der Waals surface area contributed by atoms with Crippen LogP contribution in [0.1, 0.15) is 5.56 Å². The number of aryl methyl sites for hydroxylation is 1. The molecule has 0 aliphatic rings. The molecule has 0 N–H and O–H groups in total. The van der Waals surface area contributed by atoms with Gasteiger partial charge in [-0.25, -0.2) is 0 Å². The van der Waals surface area contributed by atoms with Gasteiger partial charge in [0.2, 0.25) is 0 Å². The molecule has 0 aliphatic carbocycles. The fourth-order valence-electron chi connectivity index (χ4n) is 1.000. The highest BCUT2D eigenvalue weighted by Gasteiger charge is 2.14. The van der Waals surface area contributed by atoms with Gasteiger partial charge in [0, 0.05) is 10.6 Å². The molecule has 0 radical (unpaired) electrons. The number of benzene rings is 1. The summed E-state index contributed by atoms with van der Waals surface area (Å²) in [6, 6.07) is 8.22. The Balaban J connectivity index is 2.43. The zero-order valence-corrected chi connectivity index (χ0v) is 11.1. The minimum Gasteiger partial charge on any atom is -0.468 e. The molecule has 1 aromatic rings. The van der Waals surface area contributed by atoms with Crippen molar-refractivity contribution in [1.82, 2.24) is 0 Å². The van der Waals surface area contributed by atoms with E-state index in [1.165, 1.54) is 12.7 Å². The van der Waals surface area contributed by atoms with Crippen LogP contribution < -0.4 is 0 Å². The third kappa shape index (κ3) is 4.26. The van der Waals surface area contributed by atoms with Crippen molar-refractivity contribution in [2.45, 2.75) is 16.6 Å². The molecule has 0 spiro atoms. The van der Waals surface area contributed by atoms with Gasteiger partial charge >= 0.3 is 5.97 Å². The van der Waals surface area contributed by atoms with Gasteiger partial charge in [0.1, 0.15) is 4.83 Å². The molecule has 15 heavy (non-hydrogen) atoms. The molecule has 1 atom stereocenters.